The molecule has 122 valence electrons. The molecule has 0 aliphatic carbocycles. The fourth-order valence-electron chi connectivity index (χ4n) is 2.03. The number of nitro groups is 1. The zero-order valence-corrected chi connectivity index (χ0v) is 13.2. The number of nitrogens with one attached hydrogen (secondary N) is 1. The van der Waals surface area contributed by atoms with Crippen LogP contribution in [-0.2, 0) is 0 Å². The first-order valence-corrected chi connectivity index (χ1v) is 7.32. The molecule has 2 rings (SSSR count). The molecule has 0 fully saturated rings. The molecule has 0 radical (unpaired) electrons. The van der Waals surface area contributed by atoms with Gasteiger partial charge in [-0.3, -0.25) is 15.5 Å². The molecule has 0 unspecified atom stereocenters. The first-order chi connectivity index (χ1) is 11.6. The summed E-state index contributed by atoms with van der Waals surface area (Å²) in [6.07, 6.45) is 2.12. The predicted octanol–water partition coefficient (Wildman–Crippen LogP) is 3.39. The molecule has 7 heteroatoms. The Hall–Kier alpha value is -3.40. The van der Waals surface area contributed by atoms with Crippen molar-refractivity contribution >= 4 is 23.3 Å². The highest BCUT2D eigenvalue weighted by Crippen LogP contribution is 2.17. The summed E-state index contributed by atoms with van der Waals surface area (Å²) in [6.45, 7) is 0.679. The average Bonchev–Trinajstić information content (AvgIpc) is 2.60. The van der Waals surface area contributed by atoms with Gasteiger partial charge in [-0.2, -0.15) is 10.4 Å². The molecule has 0 aliphatic rings. The average molecular weight is 323 g/mol. The number of rotatable bonds is 7. The Kier molecular flexibility index (Phi) is 5.86. The second-order valence-electron chi connectivity index (χ2n) is 5.10. The first-order valence-electron chi connectivity index (χ1n) is 7.32. The molecule has 1 N–H and O–H groups in total. The summed E-state index contributed by atoms with van der Waals surface area (Å²) in [5.74, 6) is 0. The molecule has 0 saturated heterocycles. The van der Waals surface area contributed by atoms with Crippen molar-refractivity contribution in [1.82, 2.24) is 0 Å². The zero-order valence-electron chi connectivity index (χ0n) is 13.2. The van der Waals surface area contributed by atoms with Crippen molar-refractivity contribution in [2.75, 3.05) is 23.9 Å². The molecule has 0 bridgehead atoms. The van der Waals surface area contributed by atoms with E-state index in [1.165, 1.54) is 12.1 Å². The van der Waals surface area contributed by atoms with Crippen molar-refractivity contribution in [3.8, 4) is 6.07 Å². The number of benzene rings is 2. The van der Waals surface area contributed by atoms with Crippen LogP contribution in [0.3, 0.4) is 0 Å². The van der Waals surface area contributed by atoms with Gasteiger partial charge >= 0.3 is 0 Å². The van der Waals surface area contributed by atoms with Gasteiger partial charge in [0.05, 0.1) is 29.3 Å². The molecule has 24 heavy (non-hydrogen) atoms. The van der Waals surface area contributed by atoms with E-state index in [-0.39, 0.29) is 5.69 Å². The normalized spacial score (nSPS) is 10.3. The van der Waals surface area contributed by atoms with Crippen LogP contribution in [0.2, 0.25) is 0 Å². The number of anilines is 2. The Balaban J connectivity index is 1.96. The lowest BCUT2D eigenvalue weighted by atomic mass is 10.2. The quantitative estimate of drug-likeness (QED) is 0.479. The summed E-state index contributed by atoms with van der Waals surface area (Å²) < 4.78 is 0. The van der Waals surface area contributed by atoms with E-state index in [9.17, 15) is 10.1 Å². The summed E-state index contributed by atoms with van der Waals surface area (Å²) in [6, 6.07) is 16.0. The van der Waals surface area contributed by atoms with Crippen LogP contribution in [0.25, 0.3) is 0 Å². The topological polar surface area (TPSA) is 94.6 Å². The Labute approximate surface area is 140 Å². The number of hydrogen-bond donors (Lipinski definition) is 1. The van der Waals surface area contributed by atoms with E-state index in [2.05, 4.69) is 16.6 Å². The summed E-state index contributed by atoms with van der Waals surface area (Å²) in [4.78, 5) is 12.3. The van der Waals surface area contributed by atoms with E-state index < -0.39 is 4.92 Å². The van der Waals surface area contributed by atoms with Crippen molar-refractivity contribution in [2.45, 2.75) is 6.42 Å². The fraction of sp³-hybridized carbons (Fsp3) is 0.176. The van der Waals surface area contributed by atoms with Gasteiger partial charge in [0.2, 0.25) is 0 Å². The van der Waals surface area contributed by atoms with Crippen LogP contribution in [0.15, 0.2) is 53.6 Å². The van der Waals surface area contributed by atoms with E-state index in [1.54, 1.807) is 18.3 Å². The van der Waals surface area contributed by atoms with Gasteiger partial charge < -0.3 is 4.90 Å². The van der Waals surface area contributed by atoms with Crippen molar-refractivity contribution in [1.29, 1.82) is 5.26 Å². The first kappa shape index (κ1) is 17.0. The lowest BCUT2D eigenvalue weighted by molar-refractivity contribution is -0.384. The van der Waals surface area contributed by atoms with E-state index in [0.29, 0.717) is 18.7 Å². The van der Waals surface area contributed by atoms with Gasteiger partial charge in [0.15, 0.2) is 0 Å². The van der Waals surface area contributed by atoms with Crippen LogP contribution in [0.1, 0.15) is 12.0 Å². The monoisotopic (exact) mass is 323 g/mol. The SMILES string of the molecule is CN(CCC#N)c1ccc(/C=N\Nc2cccc([N+](=O)[O-])c2)cc1. The summed E-state index contributed by atoms with van der Waals surface area (Å²) in [5.41, 5.74) is 5.25. The number of nitriles is 1. The third-order valence-corrected chi connectivity index (χ3v) is 3.36. The maximum absolute atomic E-state index is 10.7. The smallest absolute Gasteiger partial charge is 0.271 e. The van der Waals surface area contributed by atoms with Gasteiger partial charge in [0, 0.05) is 31.4 Å². The van der Waals surface area contributed by atoms with E-state index in [0.717, 1.165) is 11.3 Å². The van der Waals surface area contributed by atoms with E-state index in [4.69, 9.17) is 5.26 Å². The molecular weight excluding hydrogens is 306 g/mol. The fourth-order valence-corrected chi connectivity index (χ4v) is 2.03. The van der Waals surface area contributed by atoms with Crippen LogP contribution in [0.5, 0.6) is 0 Å². The van der Waals surface area contributed by atoms with Crippen molar-refractivity contribution in [3.05, 3.63) is 64.2 Å². The van der Waals surface area contributed by atoms with Gasteiger partial charge in [0.25, 0.3) is 5.69 Å². The Morgan fingerprint density at radius 3 is 2.75 bits per heavy atom. The van der Waals surface area contributed by atoms with Crippen LogP contribution in [0, 0.1) is 21.4 Å². The third kappa shape index (κ3) is 4.81. The summed E-state index contributed by atoms with van der Waals surface area (Å²) in [5, 5.41) is 23.4. The Morgan fingerprint density at radius 2 is 2.08 bits per heavy atom. The highest BCUT2D eigenvalue weighted by atomic mass is 16.6. The number of hydrogen-bond acceptors (Lipinski definition) is 6. The molecule has 7 nitrogen and oxygen atoms in total. The second-order valence-corrected chi connectivity index (χ2v) is 5.10. The molecule has 0 amide bonds. The van der Waals surface area contributed by atoms with Gasteiger partial charge in [-0.1, -0.05) is 18.2 Å². The molecule has 0 atom stereocenters. The molecule has 0 aliphatic heterocycles. The molecule has 0 saturated carbocycles. The minimum Gasteiger partial charge on any atom is -0.374 e. The molecular formula is C17H17N5O2. The maximum Gasteiger partial charge on any atom is 0.271 e. The Morgan fingerprint density at radius 1 is 1.33 bits per heavy atom. The number of nitrogens with zero attached hydrogens (tertiary/aromatic N) is 4. The molecule has 0 heterocycles. The Bertz CT molecular complexity index is 765. The van der Waals surface area contributed by atoms with Gasteiger partial charge in [-0.25, -0.2) is 0 Å². The highest BCUT2D eigenvalue weighted by Gasteiger charge is 2.04. The highest BCUT2D eigenvalue weighted by molar-refractivity contribution is 5.81. The number of hydrazone groups is 1. The lowest BCUT2D eigenvalue weighted by Gasteiger charge is -2.17. The predicted molar refractivity (Wildman–Crippen MR) is 94.3 cm³/mol. The lowest BCUT2D eigenvalue weighted by Crippen LogP contribution is -2.17. The summed E-state index contributed by atoms with van der Waals surface area (Å²) >= 11 is 0. The van der Waals surface area contributed by atoms with Crippen LogP contribution < -0.4 is 10.3 Å². The van der Waals surface area contributed by atoms with E-state index >= 15 is 0 Å². The van der Waals surface area contributed by atoms with Crippen LogP contribution >= 0.6 is 0 Å². The van der Waals surface area contributed by atoms with Crippen LogP contribution in [0.4, 0.5) is 17.1 Å². The number of nitro benzene ring substituents is 1. The van der Waals surface area contributed by atoms with Crippen molar-refractivity contribution in [2.24, 2.45) is 5.10 Å². The largest absolute Gasteiger partial charge is 0.374 e. The minimum atomic E-state index is -0.448. The molecule has 2 aromatic rings. The van der Waals surface area contributed by atoms with Gasteiger partial charge in [-0.05, 0) is 23.8 Å². The third-order valence-electron chi connectivity index (χ3n) is 3.36. The van der Waals surface area contributed by atoms with Crippen molar-refractivity contribution in [3.63, 3.8) is 0 Å². The van der Waals surface area contributed by atoms with Crippen LogP contribution in [-0.4, -0.2) is 24.7 Å². The van der Waals surface area contributed by atoms with Crippen molar-refractivity contribution < 1.29 is 4.92 Å². The molecule has 2 aromatic carbocycles. The molecule has 0 spiro atoms. The standard InChI is InChI=1S/C17H17N5O2/c1-21(11-3-10-18)16-8-6-14(7-9-16)13-19-20-15-4-2-5-17(12-15)22(23)24/h2,4-9,12-13,20H,3,11H2,1H3/b19-13-. The number of non-ortho nitro benzene ring substituents is 1. The van der Waals surface area contributed by atoms with Gasteiger partial charge in [-0.15, -0.1) is 0 Å². The maximum atomic E-state index is 10.7. The second kappa shape index (κ2) is 8.29. The molecule has 0 aromatic heterocycles. The van der Waals surface area contributed by atoms with Gasteiger partial charge in [0.1, 0.15) is 0 Å². The zero-order chi connectivity index (χ0) is 17.4. The summed E-state index contributed by atoms with van der Waals surface area (Å²) in [7, 11) is 1.93. The van der Waals surface area contributed by atoms with E-state index in [1.807, 2.05) is 36.2 Å². The minimum absolute atomic E-state index is 0.0139.